The zero-order valence-corrected chi connectivity index (χ0v) is 16.4. The first kappa shape index (κ1) is 21.3. The summed E-state index contributed by atoms with van der Waals surface area (Å²) in [7, 11) is -0.775. The molecule has 0 saturated heterocycles. The number of hydrogen-bond donors (Lipinski definition) is 2. The van der Waals surface area contributed by atoms with Gasteiger partial charge in [-0.1, -0.05) is 19.3 Å². The highest BCUT2D eigenvalue weighted by molar-refractivity contribution is 7.89. The number of carbonyl (C=O) groups is 2. The summed E-state index contributed by atoms with van der Waals surface area (Å²) in [6, 6.07) is 5.64. The van der Waals surface area contributed by atoms with Gasteiger partial charge in [0, 0.05) is 25.8 Å². The summed E-state index contributed by atoms with van der Waals surface area (Å²) in [5.41, 5.74) is 0.245. The lowest BCUT2D eigenvalue weighted by molar-refractivity contribution is -0.148. The molecule has 0 spiro atoms. The lowest BCUT2D eigenvalue weighted by atomic mass is 9.96. The third kappa shape index (κ3) is 5.27. The number of aliphatic carboxylic acids is 1. The number of carbonyl (C=O) groups excluding carboxylic acids is 1. The fourth-order valence-electron chi connectivity index (χ4n) is 3.14. The maximum absolute atomic E-state index is 12.8. The molecule has 2 N–H and O–H groups in total. The molecule has 1 aliphatic rings. The van der Waals surface area contributed by atoms with Crippen LogP contribution in [0.1, 0.15) is 42.5 Å². The topological polar surface area (TPSA) is 113 Å². The van der Waals surface area contributed by atoms with Crippen molar-refractivity contribution in [2.45, 2.75) is 49.1 Å². The van der Waals surface area contributed by atoms with Crippen LogP contribution in [0.4, 0.5) is 0 Å². The molecule has 0 aromatic heterocycles. The maximum Gasteiger partial charge on any atom is 0.334 e. The number of rotatable bonds is 8. The van der Waals surface area contributed by atoms with E-state index in [0.29, 0.717) is 0 Å². The van der Waals surface area contributed by atoms with E-state index in [-0.39, 0.29) is 23.0 Å². The van der Waals surface area contributed by atoms with Gasteiger partial charge < -0.3 is 15.2 Å². The van der Waals surface area contributed by atoms with Gasteiger partial charge in [0.15, 0.2) is 6.10 Å². The van der Waals surface area contributed by atoms with E-state index in [9.17, 15) is 18.0 Å². The largest absolute Gasteiger partial charge is 0.479 e. The molecule has 1 saturated carbocycles. The van der Waals surface area contributed by atoms with E-state index in [1.54, 1.807) is 7.05 Å². The van der Waals surface area contributed by atoms with Gasteiger partial charge in [0.25, 0.3) is 5.91 Å². The fraction of sp³-hybridized carbons (Fsp3) is 0.556. The molecule has 1 unspecified atom stereocenters. The van der Waals surface area contributed by atoms with Crippen LogP contribution in [0, 0.1) is 0 Å². The van der Waals surface area contributed by atoms with E-state index in [1.165, 1.54) is 35.7 Å². The van der Waals surface area contributed by atoms with Gasteiger partial charge in [-0.3, -0.25) is 4.79 Å². The van der Waals surface area contributed by atoms with Crippen LogP contribution >= 0.6 is 0 Å². The highest BCUT2D eigenvalue weighted by Gasteiger charge is 2.29. The minimum absolute atomic E-state index is 0.00808. The molecule has 0 aliphatic heterocycles. The fourth-order valence-corrected chi connectivity index (χ4v) is 4.56. The molecule has 0 heterocycles. The van der Waals surface area contributed by atoms with Crippen LogP contribution in [0.15, 0.2) is 29.2 Å². The number of ether oxygens (including phenoxy) is 1. The van der Waals surface area contributed by atoms with Crippen LogP contribution in [0.3, 0.4) is 0 Å². The lowest BCUT2D eigenvalue weighted by Gasteiger charge is -2.30. The number of carboxylic acids is 1. The van der Waals surface area contributed by atoms with Crippen LogP contribution in [-0.2, 0) is 19.6 Å². The maximum atomic E-state index is 12.8. The quantitative estimate of drug-likeness (QED) is 0.686. The summed E-state index contributed by atoms with van der Waals surface area (Å²) >= 11 is 0. The second-order valence-electron chi connectivity index (χ2n) is 6.61. The minimum atomic E-state index is -3.62. The smallest absolute Gasteiger partial charge is 0.334 e. The van der Waals surface area contributed by atoms with Gasteiger partial charge in [0.05, 0.1) is 11.4 Å². The van der Waals surface area contributed by atoms with E-state index >= 15 is 0 Å². The molecule has 1 fully saturated rings. The minimum Gasteiger partial charge on any atom is -0.479 e. The molecular weight excluding hydrogens is 372 g/mol. The van der Waals surface area contributed by atoms with Gasteiger partial charge in [-0.2, -0.15) is 4.31 Å². The molecule has 1 atom stereocenters. The Morgan fingerprint density at radius 1 is 1.22 bits per heavy atom. The molecule has 2 rings (SSSR count). The van der Waals surface area contributed by atoms with Gasteiger partial charge in [-0.05, 0) is 37.1 Å². The summed E-state index contributed by atoms with van der Waals surface area (Å²) in [4.78, 5) is 23.1. The Bertz CT molecular complexity index is 757. The van der Waals surface area contributed by atoms with Gasteiger partial charge >= 0.3 is 5.97 Å². The summed E-state index contributed by atoms with van der Waals surface area (Å²) in [5.74, 6) is -1.67. The third-order valence-electron chi connectivity index (χ3n) is 4.89. The SMILES string of the molecule is COC(CNC(=O)c1ccc(S(=O)(=O)N(C)C2CCCCC2)cc1)C(=O)O. The highest BCUT2D eigenvalue weighted by atomic mass is 32.2. The van der Waals surface area contributed by atoms with Gasteiger partial charge in [-0.25, -0.2) is 13.2 Å². The van der Waals surface area contributed by atoms with Gasteiger partial charge in [0.2, 0.25) is 10.0 Å². The van der Waals surface area contributed by atoms with Crippen molar-refractivity contribution in [2.24, 2.45) is 0 Å². The van der Waals surface area contributed by atoms with E-state index < -0.39 is 28.0 Å². The van der Waals surface area contributed by atoms with Crippen LogP contribution in [0.5, 0.6) is 0 Å². The second kappa shape index (κ2) is 9.29. The number of hydrogen-bond acceptors (Lipinski definition) is 5. The Morgan fingerprint density at radius 2 is 1.81 bits per heavy atom. The van der Waals surface area contributed by atoms with Crippen LogP contribution in [0.2, 0.25) is 0 Å². The number of carboxylic acid groups (broad SMARTS) is 1. The summed E-state index contributed by atoms with van der Waals surface area (Å²) in [6.07, 6.45) is 3.78. The average molecular weight is 398 g/mol. The molecule has 150 valence electrons. The van der Waals surface area contributed by atoms with Crippen molar-refractivity contribution in [3.8, 4) is 0 Å². The number of nitrogens with zero attached hydrogens (tertiary/aromatic N) is 1. The molecule has 1 aromatic rings. The van der Waals surface area contributed by atoms with Crippen LogP contribution < -0.4 is 5.32 Å². The van der Waals surface area contributed by atoms with Crippen molar-refractivity contribution in [2.75, 3.05) is 20.7 Å². The number of sulfonamides is 1. The molecular formula is C18H26N2O6S. The standard InChI is InChI=1S/C18H26N2O6S/c1-20(14-6-4-3-5-7-14)27(24,25)15-10-8-13(9-11-15)17(21)19-12-16(26-2)18(22)23/h8-11,14,16H,3-7,12H2,1-2H3,(H,19,21)(H,22,23). The van der Waals surface area contributed by atoms with Crippen molar-refractivity contribution in [3.63, 3.8) is 0 Å². The molecule has 1 aromatic carbocycles. The van der Waals surface area contributed by atoms with Crippen LogP contribution in [-0.4, -0.2) is 62.6 Å². The van der Waals surface area contributed by atoms with Gasteiger partial charge in [0.1, 0.15) is 0 Å². The van der Waals surface area contributed by atoms with Crippen molar-refractivity contribution >= 4 is 21.9 Å². The zero-order valence-electron chi connectivity index (χ0n) is 15.6. The predicted molar refractivity (Wildman–Crippen MR) is 99.0 cm³/mol. The Hall–Kier alpha value is -1.97. The van der Waals surface area contributed by atoms with Gasteiger partial charge in [-0.15, -0.1) is 0 Å². The van der Waals surface area contributed by atoms with Crippen LogP contribution in [0.25, 0.3) is 0 Å². The Morgan fingerprint density at radius 3 is 2.33 bits per heavy atom. The van der Waals surface area contributed by atoms with E-state index in [2.05, 4.69) is 5.32 Å². The monoisotopic (exact) mass is 398 g/mol. The second-order valence-corrected chi connectivity index (χ2v) is 8.61. The van der Waals surface area contributed by atoms with Crippen molar-refractivity contribution in [3.05, 3.63) is 29.8 Å². The summed E-state index contributed by atoms with van der Waals surface area (Å²) in [6.45, 7) is -0.185. The van der Waals surface area contributed by atoms with Crippen molar-refractivity contribution in [1.29, 1.82) is 0 Å². The molecule has 1 amide bonds. The number of methoxy groups -OCH3 is 1. The van der Waals surface area contributed by atoms with E-state index in [4.69, 9.17) is 9.84 Å². The average Bonchev–Trinajstić information content (AvgIpc) is 2.68. The Kier molecular flexibility index (Phi) is 7.34. The molecule has 8 nitrogen and oxygen atoms in total. The van der Waals surface area contributed by atoms with Crippen molar-refractivity contribution in [1.82, 2.24) is 9.62 Å². The first-order valence-electron chi connectivity index (χ1n) is 8.89. The molecule has 27 heavy (non-hydrogen) atoms. The van der Waals surface area contributed by atoms with E-state index in [1.807, 2.05) is 0 Å². The van der Waals surface area contributed by atoms with E-state index in [0.717, 1.165) is 32.1 Å². The first-order chi connectivity index (χ1) is 12.8. The predicted octanol–water partition coefficient (Wildman–Crippen LogP) is 1.47. The highest BCUT2D eigenvalue weighted by Crippen LogP contribution is 2.26. The Balaban J connectivity index is 2.04. The third-order valence-corrected chi connectivity index (χ3v) is 6.81. The van der Waals surface area contributed by atoms with Crippen molar-refractivity contribution < 1.29 is 27.9 Å². The summed E-state index contributed by atoms with van der Waals surface area (Å²) in [5, 5.41) is 11.4. The number of nitrogens with one attached hydrogen (secondary N) is 1. The molecule has 9 heteroatoms. The molecule has 0 radical (unpaired) electrons. The lowest BCUT2D eigenvalue weighted by Crippen LogP contribution is -2.38. The normalized spacial score (nSPS) is 16.9. The molecule has 1 aliphatic carbocycles. The Labute approximate surface area is 159 Å². The zero-order chi connectivity index (χ0) is 20.0. The first-order valence-corrected chi connectivity index (χ1v) is 10.3. The number of amides is 1. The number of benzene rings is 1. The summed E-state index contributed by atoms with van der Waals surface area (Å²) < 4.78 is 31.7. The molecule has 0 bridgehead atoms.